The van der Waals surface area contributed by atoms with Crippen molar-refractivity contribution in [1.82, 2.24) is 9.78 Å². The predicted molar refractivity (Wildman–Crippen MR) is 82.0 cm³/mol. The van der Waals surface area contributed by atoms with Crippen molar-refractivity contribution in [3.8, 4) is 16.9 Å². The Morgan fingerprint density at radius 1 is 1.10 bits per heavy atom. The van der Waals surface area contributed by atoms with Crippen molar-refractivity contribution in [3.63, 3.8) is 0 Å². The molecule has 104 valence electrons. The van der Waals surface area contributed by atoms with Crippen LogP contribution in [0, 0.1) is 5.82 Å². The minimum Gasteiger partial charge on any atom is -0.298 e. The molecule has 0 radical (unpaired) electrons. The topological polar surface area (TPSA) is 34.9 Å². The molecule has 5 heteroatoms. The van der Waals surface area contributed by atoms with Gasteiger partial charge in [0.25, 0.3) is 0 Å². The average Bonchev–Trinajstić information content (AvgIpc) is 2.92. The van der Waals surface area contributed by atoms with E-state index in [-0.39, 0.29) is 0 Å². The lowest BCUT2D eigenvalue weighted by Crippen LogP contribution is -1.96. The number of rotatable bonds is 3. The molecule has 0 spiro atoms. The van der Waals surface area contributed by atoms with Crippen LogP contribution in [0.1, 0.15) is 10.4 Å². The molecule has 0 saturated carbocycles. The van der Waals surface area contributed by atoms with Crippen LogP contribution in [0.4, 0.5) is 4.39 Å². The Kier molecular flexibility index (Phi) is 3.66. The van der Waals surface area contributed by atoms with E-state index in [1.54, 1.807) is 29.1 Å². The minimum absolute atomic E-state index is 0.311. The van der Waals surface area contributed by atoms with Crippen LogP contribution >= 0.6 is 15.9 Å². The van der Waals surface area contributed by atoms with Crippen LogP contribution in [0.15, 0.2) is 59.2 Å². The van der Waals surface area contributed by atoms with Gasteiger partial charge in [-0.05, 0) is 40.2 Å². The molecule has 0 fully saturated rings. The fourth-order valence-corrected chi connectivity index (χ4v) is 2.56. The van der Waals surface area contributed by atoms with Gasteiger partial charge in [-0.25, -0.2) is 9.07 Å². The van der Waals surface area contributed by atoms with Gasteiger partial charge in [-0.1, -0.05) is 24.3 Å². The van der Waals surface area contributed by atoms with Crippen molar-refractivity contribution < 1.29 is 9.18 Å². The lowest BCUT2D eigenvalue weighted by Gasteiger charge is -2.03. The maximum atomic E-state index is 13.9. The maximum absolute atomic E-state index is 13.9. The fraction of sp³-hybridized carbons (Fsp3) is 0. The van der Waals surface area contributed by atoms with Gasteiger partial charge in [0, 0.05) is 16.2 Å². The summed E-state index contributed by atoms with van der Waals surface area (Å²) in [7, 11) is 0. The Hall–Kier alpha value is -2.27. The zero-order valence-corrected chi connectivity index (χ0v) is 12.4. The molecule has 3 rings (SSSR count). The van der Waals surface area contributed by atoms with E-state index in [0.29, 0.717) is 23.1 Å². The van der Waals surface area contributed by atoms with E-state index in [4.69, 9.17) is 0 Å². The summed E-state index contributed by atoms with van der Waals surface area (Å²) >= 11 is 3.44. The smallest absolute Gasteiger partial charge is 0.153 e. The summed E-state index contributed by atoms with van der Waals surface area (Å²) in [4.78, 5) is 11.3. The molecule has 0 N–H and O–H groups in total. The summed E-state index contributed by atoms with van der Waals surface area (Å²) in [6.45, 7) is 0. The Morgan fingerprint density at radius 2 is 1.81 bits per heavy atom. The van der Waals surface area contributed by atoms with E-state index < -0.39 is 5.82 Å². The summed E-state index contributed by atoms with van der Waals surface area (Å²) in [6, 6.07) is 13.8. The minimum atomic E-state index is -0.405. The Bertz CT molecular complexity index is 814. The van der Waals surface area contributed by atoms with E-state index >= 15 is 0 Å². The second kappa shape index (κ2) is 5.61. The summed E-state index contributed by atoms with van der Waals surface area (Å²) in [5.41, 5.74) is 1.77. The van der Waals surface area contributed by atoms with Crippen LogP contribution in [0.2, 0.25) is 0 Å². The van der Waals surface area contributed by atoms with Gasteiger partial charge in [0.05, 0.1) is 11.3 Å². The predicted octanol–water partition coefficient (Wildman–Crippen LogP) is 4.25. The molecule has 0 atom stereocenters. The van der Waals surface area contributed by atoms with Crippen LogP contribution in [0.25, 0.3) is 16.9 Å². The monoisotopic (exact) mass is 344 g/mol. The molecule has 0 saturated heterocycles. The largest absolute Gasteiger partial charge is 0.298 e. The van der Waals surface area contributed by atoms with Gasteiger partial charge in [-0.3, -0.25) is 4.79 Å². The molecule has 1 heterocycles. The molecule has 0 aliphatic rings. The summed E-state index contributed by atoms with van der Waals surface area (Å²) in [6.07, 6.45) is 2.27. The Balaban J connectivity index is 2.18. The highest BCUT2D eigenvalue weighted by Crippen LogP contribution is 2.27. The first kappa shape index (κ1) is 13.7. The lowest BCUT2D eigenvalue weighted by atomic mass is 10.1. The van der Waals surface area contributed by atoms with Crippen molar-refractivity contribution in [1.29, 1.82) is 0 Å². The molecule has 3 aromatic rings. The molecule has 0 aliphatic heterocycles. The number of nitrogens with zero attached hydrogens (tertiary/aromatic N) is 2. The Morgan fingerprint density at radius 3 is 2.52 bits per heavy atom. The van der Waals surface area contributed by atoms with E-state index in [1.165, 1.54) is 6.07 Å². The van der Waals surface area contributed by atoms with Gasteiger partial charge >= 0.3 is 0 Å². The third-order valence-electron chi connectivity index (χ3n) is 3.10. The van der Waals surface area contributed by atoms with Gasteiger partial charge in [-0.15, -0.1) is 0 Å². The van der Waals surface area contributed by atoms with Gasteiger partial charge in [0.2, 0.25) is 0 Å². The van der Waals surface area contributed by atoms with Gasteiger partial charge in [0.15, 0.2) is 6.29 Å². The van der Waals surface area contributed by atoms with E-state index in [2.05, 4.69) is 21.0 Å². The second-order valence-corrected chi connectivity index (χ2v) is 5.28. The molecule has 0 bridgehead atoms. The second-order valence-electron chi connectivity index (χ2n) is 4.43. The van der Waals surface area contributed by atoms with Crippen molar-refractivity contribution >= 4 is 22.2 Å². The molecule has 0 unspecified atom stereocenters. The highest BCUT2D eigenvalue weighted by Gasteiger charge is 2.15. The Labute approximate surface area is 129 Å². The van der Waals surface area contributed by atoms with Crippen molar-refractivity contribution in [2.24, 2.45) is 0 Å². The van der Waals surface area contributed by atoms with Gasteiger partial charge in [-0.2, -0.15) is 5.10 Å². The number of benzene rings is 2. The molecule has 1 aromatic heterocycles. The molecule has 21 heavy (non-hydrogen) atoms. The molecule has 0 amide bonds. The fourth-order valence-electron chi connectivity index (χ4n) is 2.10. The molecular formula is C16H10BrFN2O. The SMILES string of the molecule is O=Cc1cn(-c2ccccc2Br)nc1-c1ccccc1F. The molecule has 2 aromatic carbocycles. The zero-order valence-electron chi connectivity index (χ0n) is 10.8. The van der Waals surface area contributed by atoms with Crippen LogP contribution in [-0.2, 0) is 0 Å². The maximum Gasteiger partial charge on any atom is 0.153 e. The number of carbonyl (C=O) groups is 1. The highest BCUT2D eigenvalue weighted by atomic mass is 79.9. The van der Waals surface area contributed by atoms with E-state index in [0.717, 1.165) is 10.2 Å². The van der Waals surface area contributed by atoms with E-state index in [9.17, 15) is 9.18 Å². The van der Waals surface area contributed by atoms with Crippen molar-refractivity contribution in [2.45, 2.75) is 0 Å². The highest BCUT2D eigenvalue weighted by molar-refractivity contribution is 9.10. The third-order valence-corrected chi connectivity index (χ3v) is 3.77. The zero-order chi connectivity index (χ0) is 14.8. The molecule has 0 aliphatic carbocycles. The quantitative estimate of drug-likeness (QED) is 0.665. The number of halogens is 2. The number of aromatic nitrogens is 2. The standard InChI is InChI=1S/C16H10BrFN2O/c17-13-6-2-4-8-15(13)20-9-11(10-21)16(19-20)12-5-1-3-7-14(12)18/h1-10H. The number of hydrogen-bond donors (Lipinski definition) is 0. The van der Waals surface area contributed by atoms with Crippen LogP contribution in [0.3, 0.4) is 0 Å². The van der Waals surface area contributed by atoms with Crippen LogP contribution in [0.5, 0.6) is 0 Å². The number of aldehydes is 1. The average molecular weight is 345 g/mol. The van der Waals surface area contributed by atoms with Crippen molar-refractivity contribution in [3.05, 3.63) is 70.6 Å². The van der Waals surface area contributed by atoms with Crippen LogP contribution < -0.4 is 0 Å². The number of hydrogen-bond acceptors (Lipinski definition) is 2. The number of carbonyl (C=O) groups excluding carboxylic acids is 1. The first-order chi connectivity index (χ1) is 10.2. The van der Waals surface area contributed by atoms with E-state index in [1.807, 2.05) is 24.3 Å². The summed E-state index contributed by atoms with van der Waals surface area (Å²) < 4.78 is 16.3. The normalized spacial score (nSPS) is 10.6. The first-order valence-corrected chi connectivity index (χ1v) is 7.04. The summed E-state index contributed by atoms with van der Waals surface area (Å²) in [5, 5.41) is 4.36. The lowest BCUT2D eigenvalue weighted by molar-refractivity contribution is 0.112. The van der Waals surface area contributed by atoms with Gasteiger partial charge < -0.3 is 0 Å². The van der Waals surface area contributed by atoms with Crippen molar-refractivity contribution in [2.75, 3.05) is 0 Å². The summed E-state index contributed by atoms with van der Waals surface area (Å²) in [5.74, 6) is -0.405. The molecular weight excluding hydrogens is 335 g/mol. The first-order valence-electron chi connectivity index (χ1n) is 6.25. The number of para-hydroxylation sites is 1. The van der Waals surface area contributed by atoms with Crippen LogP contribution in [-0.4, -0.2) is 16.1 Å². The third kappa shape index (κ3) is 2.52. The van der Waals surface area contributed by atoms with Gasteiger partial charge in [0.1, 0.15) is 11.5 Å². The molecule has 3 nitrogen and oxygen atoms in total.